The zero-order valence-electron chi connectivity index (χ0n) is 13.2. The Hall–Kier alpha value is -2.31. The summed E-state index contributed by atoms with van der Waals surface area (Å²) in [6.07, 6.45) is 1.83. The van der Waals surface area contributed by atoms with Crippen LogP contribution in [-0.4, -0.2) is 39.5 Å². The Morgan fingerprint density at radius 3 is 2.75 bits per heavy atom. The van der Waals surface area contributed by atoms with Gasteiger partial charge in [0.15, 0.2) is 0 Å². The largest absolute Gasteiger partial charge is 0.395 e. The highest BCUT2D eigenvalue weighted by Crippen LogP contribution is 2.19. The van der Waals surface area contributed by atoms with E-state index in [1.54, 1.807) is 11.8 Å². The van der Waals surface area contributed by atoms with E-state index in [2.05, 4.69) is 45.2 Å². The third kappa shape index (κ3) is 3.96. The molecule has 6 heteroatoms. The van der Waals surface area contributed by atoms with Crippen molar-refractivity contribution in [2.24, 2.45) is 0 Å². The summed E-state index contributed by atoms with van der Waals surface area (Å²) in [5.74, 6) is 1.13. The normalized spacial score (nSPS) is 10.9. The van der Waals surface area contributed by atoms with Crippen LogP contribution in [0.15, 0.2) is 54.9 Å². The quantitative estimate of drug-likeness (QED) is 0.692. The van der Waals surface area contributed by atoms with Crippen molar-refractivity contribution in [3.8, 4) is 5.69 Å². The van der Waals surface area contributed by atoms with E-state index in [4.69, 9.17) is 5.11 Å². The van der Waals surface area contributed by atoms with Crippen LogP contribution in [0, 0.1) is 0 Å². The number of carbonyl (C=O) groups is 1. The van der Waals surface area contributed by atoms with E-state index in [0.717, 1.165) is 22.5 Å². The van der Waals surface area contributed by atoms with Crippen molar-refractivity contribution in [2.75, 3.05) is 18.9 Å². The van der Waals surface area contributed by atoms with Crippen LogP contribution in [0.25, 0.3) is 16.7 Å². The molecule has 2 N–H and O–H groups in total. The molecule has 0 spiro atoms. The number of para-hydroxylation sites is 2. The zero-order valence-corrected chi connectivity index (χ0v) is 14.0. The second kappa shape index (κ2) is 7.99. The maximum absolute atomic E-state index is 11.5. The molecule has 24 heavy (non-hydrogen) atoms. The van der Waals surface area contributed by atoms with Crippen LogP contribution in [-0.2, 0) is 10.5 Å². The molecule has 0 aliphatic carbocycles. The molecule has 1 amide bonds. The second-order valence-electron chi connectivity index (χ2n) is 5.34. The maximum atomic E-state index is 11.5. The fourth-order valence-electron chi connectivity index (χ4n) is 2.43. The summed E-state index contributed by atoms with van der Waals surface area (Å²) in [6, 6.07) is 16.3. The van der Waals surface area contributed by atoms with Crippen LogP contribution in [0.3, 0.4) is 0 Å². The van der Waals surface area contributed by atoms with Crippen LogP contribution >= 0.6 is 11.8 Å². The number of nitrogens with zero attached hydrogens (tertiary/aromatic N) is 2. The number of rotatable bonds is 7. The molecule has 5 nitrogen and oxygen atoms in total. The van der Waals surface area contributed by atoms with Gasteiger partial charge in [-0.15, -0.1) is 11.8 Å². The fourth-order valence-corrected chi connectivity index (χ4v) is 3.24. The van der Waals surface area contributed by atoms with Crippen molar-refractivity contribution in [1.29, 1.82) is 0 Å². The molecule has 0 aliphatic rings. The minimum Gasteiger partial charge on any atom is -0.395 e. The molecular weight excluding hydrogens is 322 g/mol. The predicted octanol–water partition coefficient (Wildman–Crippen LogP) is 2.37. The van der Waals surface area contributed by atoms with E-state index in [0.29, 0.717) is 12.3 Å². The SMILES string of the molecule is O=C(CSCc1ccc(-n2cnc3ccccc32)cc1)NCCO. The molecule has 0 radical (unpaired) electrons. The lowest BCUT2D eigenvalue weighted by molar-refractivity contribution is -0.118. The average Bonchev–Trinajstić information content (AvgIpc) is 3.05. The van der Waals surface area contributed by atoms with Gasteiger partial charge in [0.25, 0.3) is 0 Å². The van der Waals surface area contributed by atoms with E-state index in [9.17, 15) is 4.79 Å². The Kier molecular flexibility index (Phi) is 5.51. The molecule has 1 aromatic heterocycles. The minimum atomic E-state index is -0.0458. The summed E-state index contributed by atoms with van der Waals surface area (Å²) >= 11 is 1.56. The molecule has 3 aromatic rings. The maximum Gasteiger partial charge on any atom is 0.230 e. The molecular formula is C18H19N3O2S. The van der Waals surface area contributed by atoms with E-state index < -0.39 is 0 Å². The lowest BCUT2D eigenvalue weighted by Gasteiger charge is -2.07. The third-order valence-corrected chi connectivity index (χ3v) is 4.61. The molecule has 124 valence electrons. The number of hydrogen-bond acceptors (Lipinski definition) is 4. The smallest absolute Gasteiger partial charge is 0.230 e. The van der Waals surface area contributed by atoms with Crippen molar-refractivity contribution >= 4 is 28.7 Å². The number of amides is 1. The molecule has 0 fully saturated rings. The van der Waals surface area contributed by atoms with Gasteiger partial charge < -0.3 is 10.4 Å². The van der Waals surface area contributed by atoms with Crippen molar-refractivity contribution < 1.29 is 9.90 Å². The standard InChI is InChI=1S/C18H19N3O2S/c22-10-9-19-18(23)12-24-11-14-5-7-15(8-6-14)21-13-20-16-3-1-2-4-17(16)21/h1-8,13,22H,9-12H2,(H,19,23). The first-order valence-corrected chi connectivity index (χ1v) is 8.90. The number of hydrogen-bond donors (Lipinski definition) is 2. The molecule has 0 saturated carbocycles. The molecule has 1 heterocycles. The van der Waals surface area contributed by atoms with Crippen LogP contribution in [0.1, 0.15) is 5.56 Å². The monoisotopic (exact) mass is 341 g/mol. The van der Waals surface area contributed by atoms with Gasteiger partial charge >= 0.3 is 0 Å². The molecule has 0 bridgehead atoms. The summed E-state index contributed by atoms with van der Waals surface area (Å²) in [6.45, 7) is 0.285. The van der Waals surface area contributed by atoms with Gasteiger partial charge in [-0.05, 0) is 29.8 Å². The predicted molar refractivity (Wildman–Crippen MR) is 97.3 cm³/mol. The van der Waals surface area contributed by atoms with Crippen LogP contribution in [0.5, 0.6) is 0 Å². The number of nitrogens with one attached hydrogen (secondary N) is 1. The van der Waals surface area contributed by atoms with Gasteiger partial charge in [0.1, 0.15) is 6.33 Å². The van der Waals surface area contributed by atoms with E-state index in [-0.39, 0.29) is 12.5 Å². The highest BCUT2D eigenvalue weighted by molar-refractivity contribution is 7.99. The first-order valence-electron chi connectivity index (χ1n) is 7.74. The third-order valence-electron chi connectivity index (χ3n) is 3.60. The fraction of sp³-hybridized carbons (Fsp3) is 0.222. The Labute approximate surface area is 144 Å². The Morgan fingerprint density at radius 1 is 1.17 bits per heavy atom. The van der Waals surface area contributed by atoms with Gasteiger partial charge in [-0.25, -0.2) is 4.98 Å². The lowest BCUT2D eigenvalue weighted by atomic mass is 10.2. The number of thioether (sulfide) groups is 1. The second-order valence-corrected chi connectivity index (χ2v) is 6.32. The van der Waals surface area contributed by atoms with Crippen molar-refractivity contribution in [2.45, 2.75) is 5.75 Å². The number of aromatic nitrogens is 2. The summed E-state index contributed by atoms with van der Waals surface area (Å²) in [4.78, 5) is 15.9. The van der Waals surface area contributed by atoms with Crippen LogP contribution in [0.4, 0.5) is 0 Å². The van der Waals surface area contributed by atoms with Crippen LogP contribution in [0.2, 0.25) is 0 Å². The summed E-state index contributed by atoms with van der Waals surface area (Å²) < 4.78 is 2.06. The molecule has 0 aliphatic heterocycles. The number of carbonyl (C=O) groups excluding carboxylic acids is 1. The molecule has 0 atom stereocenters. The average molecular weight is 341 g/mol. The number of benzene rings is 2. The summed E-state index contributed by atoms with van der Waals surface area (Å²) in [5, 5.41) is 11.3. The van der Waals surface area contributed by atoms with E-state index in [1.165, 1.54) is 5.56 Å². The lowest BCUT2D eigenvalue weighted by Crippen LogP contribution is -2.27. The highest BCUT2D eigenvalue weighted by atomic mass is 32.2. The van der Waals surface area contributed by atoms with Gasteiger partial charge in [-0.2, -0.15) is 0 Å². The number of imidazole rings is 1. The summed E-state index contributed by atoms with van der Waals surface area (Å²) in [7, 11) is 0. The van der Waals surface area contributed by atoms with Gasteiger partial charge in [-0.3, -0.25) is 9.36 Å². The molecule has 2 aromatic carbocycles. The van der Waals surface area contributed by atoms with Gasteiger partial charge in [0.2, 0.25) is 5.91 Å². The van der Waals surface area contributed by atoms with Crippen molar-refractivity contribution in [3.63, 3.8) is 0 Å². The Bertz CT molecular complexity index is 815. The Morgan fingerprint density at radius 2 is 1.96 bits per heavy atom. The van der Waals surface area contributed by atoms with Crippen molar-refractivity contribution in [3.05, 3.63) is 60.4 Å². The highest BCUT2D eigenvalue weighted by Gasteiger charge is 2.05. The molecule has 3 rings (SSSR count). The van der Waals surface area contributed by atoms with E-state index in [1.807, 2.05) is 24.5 Å². The zero-order chi connectivity index (χ0) is 16.8. The first kappa shape index (κ1) is 16.5. The molecule has 0 saturated heterocycles. The summed E-state index contributed by atoms with van der Waals surface area (Å²) in [5.41, 5.74) is 4.30. The number of aliphatic hydroxyl groups excluding tert-OH is 1. The van der Waals surface area contributed by atoms with Gasteiger partial charge in [0, 0.05) is 18.0 Å². The number of fused-ring (bicyclic) bond motifs is 1. The Balaban J connectivity index is 1.60. The number of aliphatic hydroxyl groups is 1. The van der Waals surface area contributed by atoms with Gasteiger partial charge in [-0.1, -0.05) is 24.3 Å². The van der Waals surface area contributed by atoms with Crippen LogP contribution < -0.4 is 5.32 Å². The van der Waals surface area contributed by atoms with Gasteiger partial charge in [0.05, 0.1) is 23.4 Å². The van der Waals surface area contributed by atoms with Crippen molar-refractivity contribution in [1.82, 2.24) is 14.9 Å². The first-order chi connectivity index (χ1) is 11.8. The van der Waals surface area contributed by atoms with E-state index >= 15 is 0 Å². The minimum absolute atomic E-state index is 0.0270. The topological polar surface area (TPSA) is 67.2 Å². The molecule has 0 unspecified atom stereocenters.